The van der Waals surface area contributed by atoms with Crippen molar-refractivity contribution in [3.63, 3.8) is 0 Å². The van der Waals surface area contributed by atoms with Crippen LogP contribution in [-0.2, 0) is 18.9 Å². The normalized spacial score (nSPS) is 18.2. The Bertz CT molecular complexity index is 1280. The van der Waals surface area contributed by atoms with Crippen molar-refractivity contribution in [3.8, 4) is 0 Å². The average Bonchev–Trinajstić information content (AvgIpc) is 3.29. The molecule has 0 atom stereocenters. The molecule has 0 bridgehead atoms. The lowest BCUT2D eigenvalue weighted by Crippen LogP contribution is -2.46. The molecule has 33 heavy (non-hydrogen) atoms. The predicted octanol–water partition coefficient (Wildman–Crippen LogP) is 5.60. The Labute approximate surface area is 199 Å². The molecule has 1 spiro atoms. The van der Waals surface area contributed by atoms with Crippen molar-refractivity contribution in [1.82, 2.24) is 14.5 Å². The lowest BCUT2D eigenvalue weighted by Gasteiger charge is -2.43. The van der Waals surface area contributed by atoms with E-state index in [4.69, 9.17) is 4.98 Å². The highest BCUT2D eigenvalue weighted by Crippen LogP contribution is 2.46. The molecule has 2 aliphatic rings. The molecule has 3 heterocycles. The molecule has 2 aromatic heterocycles. The molecular formula is C27H33N3O2S. The number of likely N-dealkylation sites (tertiary alicyclic amines) is 1. The van der Waals surface area contributed by atoms with E-state index in [1.54, 1.807) is 11.3 Å². The first-order valence-corrected chi connectivity index (χ1v) is 12.7. The second kappa shape index (κ2) is 7.52. The number of hydrogen-bond donors (Lipinski definition) is 0. The Kier molecular flexibility index (Phi) is 5.09. The molecule has 0 radical (unpaired) electrons. The number of carbonyl (C=O) groups excluding carboxylic acids is 2. The van der Waals surface area contributed by atoms with Gasteiger partial charge >= 0.3 is 0 Å². The zero-order valence-corrected chi connectivity index (χ0v) is 21.4. The van der Waals surface area contributed by atoms with Crippen LogP contribution in [0.25, 0.3) is 10.9 Å². The van der Waals surface area contributed by atoms with Crippen molar-refractivity contribution >= 4 is 33.9 Å². The van der Waals surface area contributed by atoms with Crippen LogP contribution in [0.2, 0.25) is 0 Å². The Morgan fingerprint density at radius 2 is 1.79 bits per heavy atom. The van der Waals surface area contributed by atoms with Gasteiger partial charge in [0.1, 0.15) is 5.69 Å². The zero-order valence-electron chi connectivity index (χ0n) is 20.5. The van der Waals surface area contributed by atoms with Gasteiger partial charge in [0.2, 0.25) is 0 Å². The van der Waals surface area contributed by atoms with Crippen LogP contribution in [0.5, 0.6) is 0 Å². The summed E-state index contributed by atoms with van der Waals surface area (Å²) in [5, 5.41) is 2.20. The molecule has 5 rings (SSSR count). The summed E-state index contributed by atoms with van der Waals surface area (Å²) in [4.78, 5) is 34.2. The van der Waals surface area contributed by atoms with E-state index >= 15 is 0 Å². The van der Waals surface area contributed by atoms with Gasteiger partial charge in [0.05, 0.1) is 10.5 Å². The molecule has 1 amide bonds. The molecule has 1 aliphatic heterocycles. The Balaban J connectivity index is 1.35. The summed E-state index contributed by atoms with van der Waals surface area (Å²) >= 11 is 1.71. The molecular weight excluding hydrogens is 430 g/mol. The number of benzene rings is 1. The third kappa shape index (κ3) is 3.72. The summed E-state index contributed by atoms with van der Waals surface area (Å²) < 4.78 is 2.14. The van der Waals surface area contributed by atoms with Crippen LogP contribution in [-0.4, -0.2) is 39.2 Å². The lowest BCUT2D eigenvalue weighted by molar-refractivity contribution is 0.0522. The van der Waals surface area contributed by atoms with E-state index in [0.717, 1.165) is 45.7 Å². The minimum Gasteiger partial charge on any atom is -0.350 e. The molecule has 1 aromatic carbocycles. The number of amides is 1. The topological polar surface area (TPSA) is 55.2 Å². The summed E-state index contributed by atoms with van der Waals surface area (Å²) in [7, 11) is 2.05. The Morgan fingerprint density at radius 1 is 1.09 bits per heavy atom. The molecule has 0 N–H and O–H groups in total. The minimum atomic E-state index is -0.0401. The van der Waals surface area contributed by atoms with Crippen LogP contribution in [0, 0.1) is 19.3 Å². The largest absolute Gasteiger partial charge is 0.350 e. The van der Waals surface area contributed by atoms with Crippen LogP contribution >= 0.6 is 11.3 Å². The minimum absolute atomic E-state index is 0.0293. The van der Waals surface area contributed by atoms with Crippen LogP contribution in [0.15, 0.2) is 18.3 Å². The number of ketones is 1. The van der Waals surface area contributed by atoms with Gasteiger partial charge < -0.3 is 9.47 Å². The number of piperidine rings is 1. The van der Waals surface area contributed by atoms with E-state index in [-0.39, 0.29) is 22.5 Å². The number of thiazole rings is 1. The van der Waals surface area contributed by atoms with Gasteiger partial charge in [-0.05, 0) is 61.8 Å². The SMILES string of the molecule is Cc1cn(C)c2c(C)cc(C(=O)N3CCC4(CC3)CC(=O)c3nc(C(C)(C)C)sc3C4)cc12. The van der Waals surface area contributed by atoms with Gasteiger partial charge in [-0.1, -0.05) is 20.8 Å². The third-order valence-electron chi connectivity index (χ3n) is 7.50. The van der Waals surface area contributed by atoms with E-state index in [1.807, 2.05) is 17.0 Å². The van der Waals surface area contributed by atoms with Crippen molar-refractivity contribution in [2.24, 2.45) is 12.5 Å². The fourth-order valence-electron chi connectivity index (χ4n) is 5.65. The molecule has 6 heteroatoms. The van der Waals surface area contributed by atoms with Gasteiger partial charge in [-0.25, -0.2) is 4.98 Å². The fourth-order valence-corrected chi connectivity index (χ4v) is 6.97. The van der Waals surface area contributed by atoms with Gasteiger partial charge in [0.15, 0.2) is 5.78 Å². The van der Waals surface area contributed by atoms with Crippen LogP contribution in [0.3, 0.4) is 0 Å². The number of Topliss-reactive ketones (excluding diaryl/α,β-unsaturated/α-hetero) is 1. The highest BCUT2D eigenvalue weighted by Gasteiger charge is 2.44. The quantitative estimate of drug-likeness (QED) is 0.472. The number of rotatable bonds is 1. The summed E-state index contributed by atoms with van der Waals surface area (Å²) in [6.07, 6.45) is 5.34. The van der Waals surface area contributed by atoms with Gasteiger partial charge in [0.25, 0.3) is 5.91 Å². The van der Waals surface area contributed by atoms with E-state index in [9.17, 15) is 9.59 Å². The van der Waals surface area contributed by atoms with Crippen molar-refractivity contribution in [2.75, 3.05) is 13.1 Å². The van der Waals surface area contributed by atoms with Crippen molar-refractivity contribution < 1.29 is 9.59 Å². The maximum absolute atomic E-state index is 13.4. The first-order chi connectivity index (χ1) is 15.5. The summed E-state index contributed by atoms with van der Waals surface area (Å²) in [5.74, 6) is 0.289. The van der Waals surface area contributed by atoms with Crippen molar-refractivity contribution in [1.29, 1.82) is 0 Å². The first kappa shape index (κ1) is 22.3. The van der Waals surface area contributed by atoms with Crippen LogP contribution in [0.4, 0.5) is 0 Å². The number of hydrogen-bond acceptors (Lipinski definition) is 4. The zero-order chi connectivity index (χ0) is 23.7. The Morgan fingerprint density at radius 3 is 2.45 bits per heavy atom. The monoisotopic (exact) mass is 463 g/mol. The standard InChI is InChI=1S/C27H33N3O2S/c1-16-11-18(12-19-17(2)15-29(6)23(16)19)24(32)30-9-7-27(8-10-30)13-20(31)22-21(14-27)33-25(28-22)26(3,4)5/h11-12,15H,7-10,13-14H2,1-6H3. The third-order valence-corrected chi connectivity index (χ3v) is 8.98. The molecule has 0 saturated carbocycles. The molecule has 0 unspecified atom stereocenters. The smallest absolute Gasteiger partial charge is 0.253 e. The molecule has 1 aliphatic carbocycles. The molecule has 3 aromatic rings. The molecule has 5 nitrogen and oxygen atoms in total. The summed E-state index contributed by atoms with van der Waals surface area (Å²) in [6, 6.07) is 4.07. The highest BCUT2D eigenvalue weighted by molar-refractivity contribution is 7.12. The lowest BCUT2D eigenvalue weighted by atomic mass is 9.68. The number of carbonyl (C=O) groups is 2. The number of aromatic nitrogens is 2. The predicted molar refractivity (Wildman–Crippen MR) is 133 cm³/mol. The maximum Gasteiger partial charge on any atom is 0.253 e. The first-order valence-electron chi connectivity index (χ1n) is 11.9. The average molecular weight is 464 g/mol. The number of nitrogens with zero attached hydrogens (tertiary/aromatic N) is 3. The van der Waals surface area contributed by atoms with Crippen LogP contribution < -0.4 is 0 Å². The molecule has 1 saturated heterocycles. The summed E-state index contributed by atoms with van der Waals surface area (Å²) in [6.45, 7) is 12.0. The second-order valence-electron chi connectivity index (χ2n) is 11.2. The Hall–Kier alpha value is -2.47. The van der Waals surface area contributed by atoms with Gasteiger partial charge in [-0.3, -0.25) is 9.59 Å². The van der Waals surface area contributed by atoms with E-state index in [1.165, 1.54) is 11.1 Å². The second-order valence-corrected chi connectivity index (χ2v) is 12.3. The number of fused-ring (bicyclic) bond motifs is 2. The van der Waals surface area contributed by atoms with Crippen molar-refractivity contribution in [3.05, 3.63) is 50.6 Å². The van der Waals surface area contributed by atoms with Crippen LogP contribution in [0.1, 0.15) is 81.9 Å². The van der Waals surface area contributed by atoms with Gasteiger partial charge in [-0.2, -0.15) is 0 Å². The highest BCUT2D eigenvalue weighted by atomic mass is 32.1. The summed E-state index contributed by atoms with van der Waals surface area (Å²) in [5.41, 5.74) is 4.92. The maximum atomic E-state index is 13.4. The molecule has 174 valence electrons. The fraction of sp³-hybridized carbons (Fsp3) is 0.519. The van der Waals surface area contributed by atoms with Gasteiger partial charge in [0, 0.05) is 54.0 Å². The number of aryl methyl sites for hydroxylation is 3. The van der Waals surface area contributed by atoms with E-state index < -0.39 is 0 Å². The van der Waals surface area contributed by atoms with Crippen molar-refractivity contribution in [2.45, 2.75) is 65.7 Å². The van der Waals surface area contributed by atoms with E-state index in [0.29, 0.717) is 25.2 Å². The molecule has 1 fully saturated rings. The van der Waals surface area contributed by atoms with Gasteiger partial charge in [-0.15, -0.1) is 11.3 Å². The van der Waals surface area contributed by atoms with E-state index in [2.05, 4.69) is 52.4 Å².